The lowest BCUT2D eigenvalue weighted by atomic mass is 9.90. The van der Waals surface area contributed by atoms with Gasteiger partial charge in [0.15, 0.2) is 5.79 Å². The van der Waals surface area contributed by atoms with Crippen molar-refractivity contribution < 1.29 is 14.3 Å². The zero-order valence-corrected chi connectivity index (χ0v) is 16.4. The van der Waals surface area contributed by atoms with Gasteiger partial charge >= 0.3 is 0 Å². The van der Waals surface area contributed by atoms with E-state index >= 15 is 0 Å². The number of nitrogens with one attached hydrogen (secondary N) is 1. The monoisotopic (exact) mass is 380 g/mol. The lowest BCUT2D eigenvalue weighted by Crippen LogP contribution is -2.47. The molecule has 1 aliphatic heterocycles. The van der Waals surface area contributed by atoms with Crippen LogP contribution >= 0.6 is 11.6 Å². The van der Waals surface area contributed by atoms with Crippen LogP contribution in [0, 0.1) is 0 Å². The Balaban J connectivity index is 1.49. The van der Waals surface area contributed by atoms with E-state index in [1.54, 1.807) is 0 Å². The molecule has 144 valence electrons. The van der Waals surface area contributed by atoms with Crippen LogP contribution in [-0.4, -0.2) is 48.4 Å². The number of halogens is 1. The molecule has 1 spiro atoms. The van der Waals surface area contributed by atoms with E-state index in [1.807, 2.05) is 24.3 Å². The Morgan fingerprint density at radius 1 is 1.31 bits per heavy atom. The first-order chi connectivity index (χ1) is 12.5. The number of nitrogens with zero attached hydrogens (tertiary/aromatic N) is 1. The molecule has 1 saturated heterocycles. The van der Waals surface area contributed by atoms with E-state index in [0.29, 0.717) is 26.3 Å². The summed E-state index contributed by atoms with van der Waals surface area (Å²) in [5.41, 5.74) is 1.12. The first-order valence-corrected chi connectivity index (χ1v) is 9.89. The predicted octanol–water partition coefficient (Wildman–Crippen LogP) is 3.35. The zero-order chi connectivity index (χ0) is 18.6. The van der Waals surface area contributed by atoms with Gasteiger partial charge in [-0.15, -0.1) is 0 Å². The van der Waals surface area contributed by atoms with Gasteiger partial charge in [0.1, 0.15) is 0 Å². The van der Waals surface area contributed by atoms with Crippen molar-refractivity contribution >= 4 is 17.5 Å². The Hall–Kier alpha value is -1.14. The highest BCUT2D eigenvalue weighted by molar-refractivity contribution is 6.30. The lowest BCUT2D eigenvalue weighted by molar-refractivity contribution is -0.180. The molecule has 0 aromatic heterocycles. The number of hydrogen-bond donors (Lipinski definition) is 1. The van der Waals surface area contributed by atoms with E-state index in [0.717, 1.165) is 36.3 Å². The van der Waals surface area contributed by atoms with E-state index in [4.69, 9.17) is 21.1 Å². The largest absolute Gasteiger partial charge is 0.352 e. The van der Waals surface area contributed by atoms with Gasteiger partial charge in [0.25, 0.3) is 0 Å². The summed E-state index contributed by atoms with van der Waals surface area (Å²) in [4.78, 5) is 14.7. The molecule has 1 saturated carbocycles. The van der Waals surface area contributed by atoms with Crippen molar-refractivity contribution in [1.82, 2.24) is 10.2 Å². The summed E-state index contributed by atoms with van der Waals surface area (Å²) in [6, 6.07) is 8.29. The van der Waals surface area contributed by atoms with E-state index < -0.39 is 0 Å². The molecule has 0 bridgehead atoms. The van der Waals surface area contributed by atoms with E-state index in [2.05, 4.69) is 24.1 Å². The van der Waals surface area contributed by atoms with Crippen molar-refractivity contribution in [3.8, 4) is 0 Å². The van der Waals surface area contributed by atoms with Crippen LogP contribution in [0.5, 0.6) is 0 Å². The third-order valence-electron chi connectivity index (χ3n) is 5.28. The van der Waals surface area contributed by atoms with Gasteiger partial charge in [-0.25, -0.2) is 0 Å². The number of benzene rings is 1. The summed E-state index contributed by atoms with van der Waals surface area (Å²) in [5, 5.41) is 3.92. The summed E-state index contributed by atoms with van der Waals surface area (Å²) in [7, 11) is 0. The smallest absolute Gasteiger partial charge is 0.234 e. The third kappa shape index (κ3) is 5.19. The predicted molar refractivity (Wildman–Crippen MR) is 102 cm³/mol. The topological polar surface area (TPSA) is 50.8 Å². The molecule has 0 radical (unpaired) electrons. The molecule has 6 heteroatoms. The fourth-order valence-corrected chi connectivity index (χ4v) is 3.95. The summed E-state index contributed by atoms with van der Waals surface area (Å²) in [5.74, 6) is -0.299. The number of rotatable bonds is 6. The fourth-order valence-electron chi connectivity index (χ4n) is 3.74. The maximum atomic E-state index is 12.6. The number of ether oxygens (including phenoxy) is 2. The van der Waals surface area contributed by atoms with Crippen LogP contribution in [0.1, 0.15) is 45.1 Å². The van der Waals surface area contributed by atoms with Crippen molar-refractivity contribution in [3.05, 3.63) is 34.9 Å². The Morgan fingerprint density at radius 2 is 2.00 bits per heavy atom. The molecule has 1 N–H and O–H groups in total. The van der Waals surface area contributed by atoms with Gasteiger partial charge in [-0.05, 0) is 44.4 Å². The molecule has 1 heterocycles. The van der Waals surface area contributed by atoms with Gasteiger partial charge in [-0.3, -0.25) is 9.69 Å². The molecular formula is C20H29ClN2O3. The second kappa shape index (κ2) is 8.70. The second-order valence-electron chi connectivity index (χ2n) is 7.58. The van der Waals surface area contributed by atoms with Crippen LogP contribution in [0.25, 0.3) is 0 Å². The van der Waals surface area contributed by atoms with Crippen LogP contribution in [0.2, 0.25) is 5.02 Å². The fraction of sp³-hybridized carbons (Fsp3) is 0.650. The second-order valence-corrected chi connectivity index (χ2v) is 8.01. The molecule has 3 rings (SSSR count). The molecule has 26 heavy (non-hydrogen) atoms. The molecular weight excluding hydrogens is 352 g/mol. The third-order valence-corrected chi connectivity index (χ3v) is 5.51. The molecule has 1 aromatic rings. The Bertz CT molecular complexity index is 607. The summed E-state index contributed by atoms with van der Waals surface area (Å²) < 4.78 is 11.5. The van der Waals surface area contributed by atoms with Crippen molar-refractivity contribution in [2.45, 2.75) is 63.9 Å². The first kappa shape index (κ1) is 19.6. The Morgan fingerprint density at radius 3 is 2.62 bits per heavy atom. The van der Waals surface area contributed by atoms with Gasteiger partial charge in [0.2, 0.25) is 5.91 Å². The van der Waals surface area contributed by atoms with Crippen molar-refractivity contribution in [2.24, 2.45) is 0 Å². The van der Waals surface area contributed by atoms with E-state index in [9.17, 15) is 4.79 Å². The van der Waals surface area contributed by atoms with Crippen molar-refractivity contribution in [1.29, 1.82) is 0 Å². The quantitative estimate of drug-likeness (QED) is 0.822. The lowest BCUT2D eigenvalue weighted by Gasteiger charge is -2.36. The minimum Gasteiger partial charge on any atom is -0.352 e. The molecule has 0 atom stereocenters. The van der Waals surface area contributed by atoms with Crippen molar-refractivity contribution in [3.63, 3.8) is 0 Å². The van der Waals surface area contributed by atoms with Crippen LogP contribution in [0.3, 0.4) is 0 Å². The maximum Gasteiger partial charge on any atom is 0.234 e. The highest BCUT2D eigenvalue weighted by atomic mass is 35.5. The average Bonchev–Trinajstić information content (AvgIpc) is 3.05. The van der Waals surface area contributed by atoms with Crippen LogP contribution in [0.4, 0.5) is 0 Å². The molecule has 2 fully saturated rings. The minimum absolute atomic E-state index is 0.0786. The highest BCUT2D eigenvalue weighted by Crippen LogP contribution is 2.35. The van der Waals surface area contributed by atoms with Gasteiger partial charge in [-0.2, -0.15) is 0 Å². The van der Waals surface area contributed by atoms with Crippen LogP contribution < -0.4 is 5.32 Å². The van der Waals surface area contributed by atoms with Crippen LogP contribution in [0.15, 0.2) is 24.3 Å². The van der Waals surface area contributed by atoms with Gasteiger partial charge in [0, 0.05) is 36.5 Å². The number of hydrogen-bond acceptors (Lipinski definition) is 4. The SMILES string of the molecule is CC(C)N(CC(=O)NC1CCC2(CC1)OCCO2)Cc1cccc(Cl)c1. The van der Waals surface area contributed by atoms with E-state index in [1.165, 1.54) is 0 Å². The van der Waals surface area contributed by atoms with Gasteiger partial charge < -0.3 is 14.8 Å². The highest BCUT2D eigenvalue weighted by Gasteiger charge is 2.40. The normalized spacial score (nSPS) is 20.2. The zero-order valence-electron chi connectivity index (χ0n) is 15.7. The van der Waals surface area contributed by atoms with E-state index in [-0.39, 0.29) is 23.8 Å². The summed E-state index contributed by atoms with van der Waals surface area (Å²) in [6.45, 7) is 6.68. The molecule has 5 nitrogen and oxygen atoms in total. The van der Waals surface area contributed by atoms with Crippen molar-refractivity contribution in [2.75, 3.05) is 19.8 Å². The molecule has 2 aliphatic rings. The van der Waals surface area contributed by atoms with Crippen LogP contribution in [-0.2, 0) is 20.8 Å². The Kier molecular flexibility index (Phi) is 6.56. The average molecular weight is 381 g/mol. The first-order valence-electron chi connectivity index (χ1n) is 9.51. The standard InChI is InChI=1S/C20H29ClN2O3/c1-15(2)23(13-16-4-3-5-17(21)12-16)14-19(24)22-18-6-8-20(9-7-18)25-10-11-26-20/h3-5,12,15,18H,6-11,13-14H2,1-2H3,(H,22,24). The van der Waals surface area contributed by atoms with Gasteiger partial charge in [0.05, 0.1) is 19.8 Å². The summed E-state index contributed by atoms with van der Waals surface area (Å²) >= 11 is 6.08. The molecule has 0 unspecified atom stereocenters. The molecule has 1 aromatic carbocycles. The number of carbonyl (C=O) groups excluding carboxylic acids is 1. The number of carbonyl (C=O) groups is 1. The number of amides is 1. The van der Waals surface area contributed by atoms with Gasteiger partial charge in [-0.1, -0.05) is 23.7 Å². The molecule has 1 aliphatic carbocycles. The maximum absolute atomic E-state index is 12.6. The Labute approximate surface area is 161 Å². The minimum atomic E-state index is -0.377. The molecule has 1 amide bonds. The summed E-state index contributed by atoms with van der Waals surface area (Å²) in [6.07, 6.45) is 3.52.